The van der Waals surface area contributed by atoms with Gasteiger partial charge in [-0.25, -0.2) is 0 Å². The second-order valence-corrected chi connectivity index (χ2v) is 9.15. The molecule has 1 atom stereocenters. The number of amides is 1. The molecule has 0 saturated carbocycles. The van der Waals surface area contributed by atoms with Gasteiger partial charge in [-0.05, 0) is 46.7 Å². The average molecular weight is 477 g/mol. The van der Waals surface area contributed by atoms with E-state index in [9.17, 15) is 18.0 Å². The fraction of sp³-hybridized carbons (Fsp3) is 0.276. The SMILES string of the molecule is CCc1cccc2c(C(CC(=O)N3CCc4ccccc4C3)c3cccc(C(F)(F)F)c3)c[nH]c12. The number of aryl methyl sites for hydroxylation is 1. The van der Waals surface area contributed by atoms with Crippen molar-refractivity contribution in [3.8, 4) is 0 Å². The number of fused-ring (bicyclic) bond motifs is 2. The van der Waals surface area contributed by atoms with Crippen molar-refractivity contribution in [2.75, 3.05) is 6.54 Å². The van der Waals surface area contributed by atoms with Gasteiger partial charge in [-0.15, -0.1) is 0 Å². The van der Waals surface area contributed by atoms with E-state index in [-0.39, 0.29) is 12.3 Å². The third kappa shape index (κ3) is 4.57. The van der Waals surface area contributed by atoms with Crippen LogP contribution in [0.4, 0.5) is 13.2 Å². The zero-order valence-corrected chi connectivity index (χ0v) is 19.5. The predicted molar refractivity (Wildman–Crippen MR) is 131 cm³/mol. The van der Waals surface area contributed by atoms with Gasteiger partial charge in [0.05, 0.1) is 5.56 Å². The molecule has 0 radical (unpaired) electrons. The number of aromatic amines is 1. The van der Waals surface area contributed by atoms with Crippen molar-refractivity contribution in [2.45, 2.75) is 44.8 Å². The van der Waals surface area contributed by atoms with Crippen LogP contribution >= 0.6 is 0 Å². The number of rotatable bonds is 5. The molecule has 0 bridgehead atoms. The Balaban J connectivity index is 1.53. The van der Waals surface area contributed by atoms with Crippen LogP contribution in [0.5, 0.6) is 0 Å². The third-order valence-electron chi connectivity index (χ3n) is 7.07. The maximum absolute atomic E-state index is 13.5. The molecule has 5 rings (SSSR count). The molecule has 2 heterocycles. The smallest absolute Gasteiger partial charge is 0.361 e. The van der Waals surface area contributed by atoms with E-state index in [0.29, 0.717) is 18.7 Å². The van der Waals surface area contributed by atoms with Crippen LogP contribution in [0.1, 0.15) is 52.6 Å². The lowest BCUT2D eigenvalue weighted by molar-refractivity contribution is -0.137. The molecule has 3 aromatic carbocycles. The molecule has 35 heavy (non-hydrogen) atoms. The number of aromatic nitrogens is 1. The highest BCUT2D eigenvalue weighted by Crippen LogP contribution is 2.38. The molecule has 1 amide bonds. The largest absolute Gasteiger partial charge is 0.416 e. The summed E-state index contributed by atoms with van der Waals surface area (Å²) in [5, 5.41) is 0.948. The maximum Gasteiger partial charge on any atom is 0.416 e. The quantitative estimate of drug-likeness (QED) is 0.336. The van der Waals surface area contributed by atoms with Crippen molar-refractivity contribution in [1.29, 1.82) is 0 Å². The molecule has 3 nitrogen and oxygen atoms in total. The number of nitrogens with one attached hydrogen (secondary N) is 1. The van der Waals surface area contributed by atoms with Gasteiger partial charge in [0.15, 0.2) is 0 Å². The molecule has 1 aliphatic heterocycles. The van der Waals surface area contributed by atoms with Crippen LogP contribution in [0, 0.1) is 0 Å². The molecule has 1 aromatic heterocycles. The molecule has 180 valence electrons. The van der Waals surface area contributed by atoms with Crippen LogP contribution < -0.4 is 0 Å². The first kappa shape index (κ1) is 23.2. The Bertz CT molecular complexity index is 1370. The van der Waals surface area contributed by atoms with Gasteiger partial charge < -0.3 is 9.88 Å². The molecular formula is C29H27F3N2O. The van der Waals surface area contributed by atoms with E-state index in [1.54, 1.807) is 6.07 Å². The summed E-state index contributed by atoms with van der Waals surface area (Å²) >= 11 is 0. The standard InChI is InChI=1S/C29H27F3N2O/c1-2-19-9-6-12-24-26(17-33-28(19)24)25(21-10-5-11-23(15-21)29(30,31)32)16-27(35)34-14-13-20-7-3-4-8-22(20)18-34/h3-12,15,17,25,33H,2,13-14,16,18H2,1H3. The number of hydrogen-bond acceptors (Lipinski definition) is 1. The van der Waals surface area contributed by atoms with Crippen molar-refractivity contribution >= 4 is 16.8 Å². The zero-order valence-electron chi connectivity index (χ0n) is 19.5. The number of H-pyrrole nitrogens is 1. The van der Waals surface area contributed by atoms with Gasteiger partial charge in [0.2, 0.25) is 5.91 Å². The number of nitrogens with zero attached hydrogens (tertiary/aromatic N) is 1. The number of halogens is 3. The Labute approximate surface area is 202 Å². The number of hydrogen-bond donors (Lipinski definition) is 1. The first-order valence-corrected chi connectivity index (χ1v) is 12.0. The van der Waals surface area contributed by atoms with Gasteiger partial charge in [-0.2, -0.15) is 13.2 Å². The Morgan fingerprint density at radius 1 is 1.03 bits per heavy atom. The minimum Gasteiger partial charge on any atom is -0.361 e. The molecule has 0 aliphatic carbocycles. The van der Waals surface area contributed by atoms with E-state index in [2.05, 4.69) is 18.0 Å². The fourth-order valence-electron chi connectivity index (χ4n) is 5.17. The highest BCUT2D eigenvalue weighted by atomic mass is 19.4. The summed E-state index contributed by atoms with van der Waals surface area (Å²) in [5.41, 5.74) is 5.12. The summed E-state index contributed by atoms with van der Waals surface area (Å²) in [7, 11) is 0. The van der Waals surface area contributed by atoms with Crippen LogP contribution in [0.15, 0.2) is 72.9 Å². The van der Waals surface area contributed by atoms with Gasteiger partial charge in [0.25, 0.3) is 0 Å². The number of carbonyl (C=O) groups is 1. The van der Waals surface area contributed by atoms with E-state index in [4.69, 9.17) is 0 Å². The number of benzene rings is 3. The van der Waals surface area contributed by atoms with E-state index in [1.807, 2.05) is 47.5 Å². The third-order valence-corrected chi connectivity index (χ3v) is 7.07. The van der Waals surface area contributed by atoms with Crippen molar-refractivity contribution < 1.29 is 18.0 Å². The monoisotopic (exact) mass is 476 g/mol. The van der Waals surface area contributed by atoms with Crippen LogP contribution in [-0.4, -0.2) is 22.3 Å². The van der Waals surface area contributed by atoms with Gasteiger partial charge in [0, 0.05) is 42.5 Å². The molecule has 1 unspecified atom stereocenters. The van der Waals surface area contributed by atoms with E-state index >= 15 is 0 Å². The molecule has 0 saturated heterocycles. The van der Waals surface area contributed by atoms with Gasteiger partial charge in [-0.3, -0.25) is 4.79 Å². The predicted octanol–water partition coefficient (Wildman–Crippen LogP) is 6.86. The van der Waals surface area contributed by atoms with Crippen LogP contribution in [0.25, 0.3) is 10.9 Å². The second-order valence-electron chi connectivity index (χ2n) is 9.15. The molecular weight excluding hydrogens is 449 g/mol. The normalized spacial score (nSPS) is 14.7. The highest BCUT2D eigenvalue weighted by Gasteiger charge is 2.32. The molecule has 4 aromatic rings. The number of para-hydroxylation sites is 1. The van der Waals surface area contributed by atoms with Crippen molar-refractivity contribution in [1.82, 2.24) is 9.88 Å². The van der Waals surface area contributed by atoms with Crippen molar-refractivity contribution in [2.24, 2.45) is 0 Å². The van der Waals surface area contributed by atoms with Crippen LogP contribution in [0.2, 0.25) is 0 Å². The summed E-state index contributed by atoms with van der Waals surface area (Å²) in [4.78, 5) is 18.7. The molecule has 1 N–H and O–H groups in total. The van der Waals surface area contributed by atoms with Crippen LogP contribution in [0.3, 0.4) is 0 Å². The zero-order chi connectivity index (χ0) is 24.6. The first-order valence-electron chi connectivity index (χ1n) is 12.0. The van der Waals surface area contributed by atoms with Crippen molar-refractivity contribution in [3.05, 3.63) is 106 Å². The molecule has 1 aliphatic rings. The fourth-order valence-corrected chi connectivity index (χ4v) is 5.17. The second kappa shape index (κ2) is 9.25. The van der Waals surface area contributed by atoms with E-state index in [0.717, 1.165) is 46.5 Å². The van der Waals surface area contributed by atoms with Gasteiger partial charge in [0.1, 0.15) is 0 Å². The molecule has 6 heteroatoms. The molecule has 0 fully saturated rings. The summed E-state index contributed by atoms with van der Waals surface area (Å²) < 4.78 is 40.6. The number of alkyl halides is 3. The van der Waals surface area contributed by atoms with E-state index < -0.39 is 17.7 Å². The lowest BCUT2D eigenvalue weighted by Gasteiger charge is -2.30. The topological polar surface area (TPSA) is 36.1 Å². The number of carbonyl (C=O) groups excluding carboxylic acids is 1. The highest BCUT2D eigenvalue weighted by molar-refractivity contribution is 5.88. The Kier molecular flexibility index (Phi) is 6.13. The van der Waals surface area contributed by atoms with Crippen molar-refractivity contribution in [3.63, 3.8) is 0 Å². The van der Waals surface area contributed by atoms with Gasteiger partial charge in [-0.1, -0.05) is 67.6 Å². The lowest BCUT2D eigenvalue weighted by Crippen LogP contribution is -2.36. The van der Waals surface area contributed by atoms with Crippen LogP contribution in [-0.2, 0) is 30.4 Å². The summed E-state index contributed by atoms with van der Waals surface area (Å²) in [5.74, 6) is -0.550. The van der Waals surface area contributed by atoms with Gasteiger partial charge >= 0.3 is 6.18 Å². The summed E-state index contributed by atoms with van der Waals surface area (Å²) in [6, 6.07) is 19.5. The Hall–Kier alpha value is -3.54. The van der Waals surface area contributed by atoms with E-state index in [1.165, 1.54) is 17.7 Å². The summed E-state index contributed by atoms with van der Waals surface area (Å²) in [6.07, 6.45) is -0.877. The minimum atomic E-state index is -4.45. The molecule has 0 spiro atoms. The first-order chi connectivity index (χ1) is 16.8. The summed E-state index contributed by atoms with van der Waals surface area (Å²) in [6.45, 7) is 3.20. The minimum absolute atomic E-state index is 0.0529. The Morgan fingerprint density at radius 3 is 2.57 bits per heavy atom. The maximum atomic E-state index is 13.5. The lowest BCUT2D eigenvalue weighted by atomic mass is 9.86. The Morgan fingerprint density at radius 2 is 1.80 bits per heavy atom. The average Bonchev–Trinajstić information content (AvgIpc) is 3.30.